The SMILES string of the molecule is CCOC(=O)c1cnc(-c2cccc(Nc3cc(Cl)nnc3C(=O)NC)c2OC)nc1. The van der Waals surface area contributed by atoms with Gasteiger partial charge in [-0.05, 0) is 19.1 Å². The van der Waals surface area contributed by atoms with Crippen LogP contribution in [0.2, 0.25) is 5.15 Å². The maximum Gasteiger partial charge on any atom is 0.341 e. The van der Waals surface area contributed by atoms with E-state index < -0.39 is 11.9 Å². The van der Waals surface area contributed by atoms with E-state index in [0.717, 1.165) is 0 Å². The molecule has 160 valence electrons. The lowest BCUT2D eigenvalue weighted by Crippen LogP contribution is -2.21. The van der Waals surface area contributed by atoms with Crippen LogP contribution >= 0.6 is 11.6 Å². The molecular formula is C20H19ClN6O4. The van der Waals surface area contributed by atoms with Crippen LogP contribution in [0.25, 0.3) is 11.4 Å². The Morgan fingerprint density at radius 3 is 2.52 bits per heavy atom. The first-order valence-corrected chi connectivity index (χ1v) is 9.55. The first-order chi connectivity index (χ1) is 15.0. The van der Waals surface area contributed by atoms with Crippen LogP contribution < -0.4 is 15.4 Å². The second kappa shape index (κ2) is 9.81. The number of hydrogen-bond donors (Lipinski definition) is 2. The predicted octanol–water partition coefficient (Wildman–Crippen LogP) is 2.88. The number of nitrogens with one attached hydrogen (secondary N) is 2. The Morgan fingerprint density at radius 1 is 1.13 bits per heavy atom. The van der Waals surface area contributed by atoms with Crippen molar-refractivity contribution >= 4 is 34.9 Å². The number of amides is 1. The Hall–Kier alpha value is -3.79. The van der Waals surface area contributed by atoms with E-state index in [9.17, 15) is 9.59 Å². The lowest BCUT2D eigenvalue weighted by molar-refractivity contribution is 0.0525. The average molecular weight is 443 g/mol. The van der Waals surface area contributed by atoms with Crippen LogP contribution in [0, 0.1) is 0 Å². The summed E-state index contributed by atoms with van der Waals surface area (Å²) in [7, 11) is 2.98. The molecule has 2 aromatic heterocycles. The molecule has 0 spiro atoms. The van der Waals surface area contributed by atoms with E-state index in [2.05, 4.69) is 30.8 Å². The number of para-hydroxylation sites is 1. The van der Waals surface area contributed by atoms with Crippen molar-refractivity contribution in [3.63, 3.8) is 0 Å². The number of nitrogens with zero attached hydrogens (tertiary/aromatic N) is 4. The Labute approximate surface area is 183 Å². The predicted molar refractivity (Wildman–Crippen MR) is 114 cm³/mol. The molecule has 1 aromatic carbocycles. The van der Waals surface area contributed by atoms with Crippen LogP contribution in [0.3, 0.4) is 0 Å². The molecule has 0 fully saturated rings. The van der Waals surface area contributed by atoms with Crippen LogP contribution in [0.1, 0.15) is 27.8 Å². The topological polar surface area (TPSA) is 128 Å². The lowest BCUT2D eigenvalue weighted by atomic mass is 10.1. The molecule has 0 bridgehead atoms. The van der Waals surface area contributed by atoms with Crippen LogP contribution in [0.15, 0.2) is 36.7 Å². The first kappa shape index (κ1) is 21.9. The number of aromatic nitrogens is 4. The highest BCUT2D eigenvalue weighted by molar-refractivity contribution is 6.29. The molecule has 0 unspecified atom stereocenters. The minimum atomic E-state index is -0.500. The number of esters is 1. The van der Waals surface area contributed by atoms with Crippen molar-refractivity contribution in [3.05, 3.63) is 53.1 Å². The summed E-state index contributed by atoms with van der Waals surface area (Å²) in [4.78, 5) is 32.5. The number of hydrogen-bond acceptors (Lipinski definition) is 9. The van der Waals surface area contributed by atoms with Gasteiger partial charge in [-0.1, -0.05) is 17.7 Å². The Balaban J connectivity index is 1.99. The fourth-order valence-electron chi connectivity index (χ4n) is 2.71. The molecule has 10 nitrogen and oxygen atoms in total. The van der Waals surface area contributed by atoms with Crippen LogP contribution in [-0.2, 0) is 4.74 Å². The van der Waals surface area contributed by atoms with Crippen molar-refractivity contribution in [1.82, 2.24) is 25.5 Å². The quantitative estimate of drug-likeness (QED) is 0.530. The summed E-state index contributed by atoms with van der Waals surface area (Å²) in [6.45, 7) is 1.98. The minimum Gasteiger partial charge on any atom is -0.494 e. The van der Waals surface area contributed by atoms with Gasteiger partial charge in [0.25, 0.3) is 5.91 Å². The molecule has 3 aromatic rings. The smallest absolute Gasteiger partial charge is 0.341 e. The van der Waals surface area contributed by atoms with E-state index in [1.165, 1.54) is 32.6 Å². The van der Waals surface area contributed by atoms with E-state index in [1.54, 1.807) is 25.1 Å². The first-order valence-electron chi connectivity index (χ1n) is 9.17. The molecule has 31 heavy (non-hydrogen) atoms. The molecule has 0 aliphatic heterocycles. The Morgan fingerprint density at radius 2 is 1.87 bits per heavy atom. The number of rotatable bonds is 7. The van der Waals surface area contributed by atoms with E-state index in [-0.39, 0.29) is 23.0 Å². The molecule has 0 saturated heterocycles. The fraction of sp³-hybridized carbons (Fsp3) is 0.200. The zero-order chi connectivity index (χ0) is 22.4. The van der Waals surface area contributed by atoms with Gasteiger partial charge < -0.3 is 20.1 Å². The molecule has 0 radical (unpaired) electrons. The molecule has 3 rings (SSSR count). The number of ether oxygens (including phenoxy) is 2. The van der Waals surface area contributed by atoms with Gasteiger partial charge in [-0.2, -0.15) is 0 Å². The van der Waals surface area contributed by atoms with E-state index in [4.69, 9.17) is 21.1 Å². The highest BCUT2D eigenvalue weighted by Crippen LogP contribution is 2.37. The van der Waals surface area contributed by atoms with Gasteiger partial charge in [0.15, 0.2) is 22.4 Å². The number of carbonyl (C=O) groups is 2. The number of carbonyl (C=O) groups excluding carboxylic acids is 2. The van der Waals surface area contributed by atoms with Gasteiger partial charge in [0, 0.05) is 25.5 Å². The number of anilines is 2. The summed E-state index contributed by atoms with van der Waals surface area (Å²) in [6.07, 6.45) is 2.77. The van der Waals surface area contributed by atoms with Crippen molar-refractivity contribution in [2.75, 3.05) is 26.1 Å². The summed E-state index contributed by atoms with van der Waals surface area (Å²) in [6, 6.07) is 6.76. The molecular weight excluding hydrogens is 424 g/mol. The van der Waals surface area contributed by atoms with Gasteiger partial charge in [0.1, 0.15) is 0 Å². The lowest BCUT2D eigenvalue weighted by Gasteiger charge is -2.16. The summed E-state index contributed by atoms with van der Waals surface area (Å²) in [5, 5.41) is 13.3. The third-order valence-corrected chi connectivity index (χ3v) is 4.28. The van der Waals surface area contributed by atoms with E-state index in [1.807, 2.05) is 0 Å². The molecule has 0 saturated carbocycles. The number of benzene rings is 1. The van der Waals surface area contributed by atoms with E-state index >= 15 is 0 Å². The second-order valence-corrected chi connectivity index (χ2v) is 6.42. The van der Waals surface area contributed by atoms with Crippen molar-refractivity contribution in [3.8, 4) is 17.1 Å². The molecule has 0 aliphatic carbocycles. The minimum absolute atomic E-state index is 0.0643. The zero-order valence-electron chi connectivity index (χ0n) is 17.0. The van der Waals surface area contributed by atoms with Crippen molar-refractivity contribution < 1.29 is 19.1 Å². The maximum absolute atomic E-state index is 12.1. The highest BCUT2D eigenvalue weighted by Gasteiger charge is 2.18. The van der Waals surface area contributed by atoms with Crippen molar-refractivity contribution in [2.45, 2.75) is 6.92 Å². The van der Waals surface area contributed by atoms with E-state index in [0.29, 0.717) is 28.5 Å². The number of halogens is 1. The zero-order valence-corrected chi connectivity index (χ0v) is 17.7. The average Bonchev–Trinajstić information content (AvgIpc) is 2.79. The van der Waals surface area contributed by atoms with Crippen molar-refractivity contribution in [1.29, 1.82) is 0 Å². The van der Waals surface area contributed by atoms with Gasteiger partial charge in [-0.3, -0.25) is 4.79 Å². The Bertz CT molecular complexity index is 1110. The van der Waals surface area contributed by atoms with Gasteiger partial charge >= 0.3 is 5.97 Å². The number of methoxy groups -OCH3 is 1. The molecule has 11 heteroatoms. The van der Waals surface area contributed by atoms with Crippen LogP contribution in [-0.4, -0.2) is 52.8 Å². The Kier molecular flexibility index (Phi) is 6.93. The summed E-state index contributed by atoms with van der Waals surface area (Å²) in [5.74, 6) is -0.173. The molecule has 1 amide bonds. The summed E-state index contributed by atoms with van der Waals surface area (Å²) < 4.78 is 10.5. The third-order valence-electron chi connectivity index (χ3n) is 4.10. The standard InChI is InChI=1S/C20H19ClN6O4/c1-4-31-20(29)11-9-23-18(24-10-11)12-6-5-7-13(17(12)30-3)25-14-8-15(21)26-27-16(14)19(28)22-2/h5-10H,4H2,1-3H3,(H,22,28)(H,25,26). The molecule has 2 heterocycles. The summed E-state index contributed by atoms with van der Waals surface area (Å²) in [5.41, 5.74) is 1.74. The molecule has 0 atom stereocenters. The molecule has 0 aliphatic rings. The molecule has 2 N–H and O–H groups in total. The highest BCUT2D eigenvalue weighted by atomic mass is 35.5. The monoisotopic (exact) mass is 442 g/mol. The van der Waals surface area contributed by atoms with Crippen LogP contribution in [0.5, 0.6) is 5.75 Å². The van der Waals surface area contributed by atoms with Gasteiger partial charge in [-0.25, -0.2) is 14.8 Å². The third kappa shape index (κ3) is 4.86. The second-order valence-electron chi connectivity index (χ2n) is 6.04. The van der Waals surface area contributed by atoms with Crippen LogP contribution in [0.4, 0.5) is 11.4 Å². The van der Waals surface area contributed by atoms with Gasteiger partial charge in [0.2, 0.25) is 0 Å². The fourth-order valence-corrected chi connectivity index (χ4v) is 2.86. The van der Waals surface area contributed by atoms with Gasteiger partial charge in [0.05, 0.1) is 36.2 Å². The maximum atomic E-state index is 12.1. The van der Waals surface area contributed by atoms with Gasteiger partial charge in [-0.15, -0.1) is 10.2 Å². The normalized spacial score (nSPS) is 10.3. The largest absolute Gasteiger partial charge is 0.494 e. The van der Waals surface area contributed by atoms with Crippen molar-refractivity contribution in [2.24, 2.45) is 0 Å². The summed E-state index contributed by atoms with van der Waals surface area (Å²) >= 11 is 5.96.